The second-order valence-electron chi connectivity index (χ2n) is 7.03. The first-order chi connectivity index (χ1) is 12.4. The molecule has 4 rings (SSSR count). The number of nitrogens with zero attached hydrogens (tertiary/aromatic N) is 1. The summed E-state index contributed by atoms with van der Waals surface area (Å²) in [6.07, 6.45) is 7.92. The first kappa shape index (κ1) is 16.4. The Balaban J connectivity index is 1.57. The third-order valence-electron chi connectivity index (χ3n) is 5.23. The van der Waals surface area contributed by atoms with Crippen molar-refractivity contribution in [2.24, 2.45) is 5.92 Å². The van der Waals surface area contributed by atoms with Gasteiger partial charge >= 0.3 is 0 Å². The molecule has 25 heavy (non-hydrogen) atoms. The van der Waals surface area contributed by atoms with Crippen molar-refractivity contribution < 1.29 is 9.47 Å². The zero-order chi connectivity index (χ0) is 16.9. The number of ether oxygens (including phenoxy) is 2. The Hall–Kier alpha value is -2.07. The van der Waals surface area contributed by atoms with Crippen LogP contribution in [0.1, 0.15) is 43.8 Å². The number of nitrogens with one attached hydrogen (secondary N) is 1. The summed E-state index contributed by atoms with van der Waals surface area (Å²) in [5, 5.41) is 3.45. The van der Waals surface area contributed by atoms with E-state index in [1.165, 1.54) is 18.4 Å². The highest BCUT2D eigenvalue weighted by Gasteiger charge is 2.29. The van der Waals surface area contributed by atoms with Gasteiger partial charge in [0.2, 0.25) is 0 Å². The summed E-state index contributed by atoms with van der Waals surface area (Å²) in [5.74, 6) is 1.86. The monoisotopic (exact) mass is 338 g/mol. The van der Waals surface area contributed by atoms with Crippen molar-refractivity contribution in [1.29, 1.82) is 0 Å². The van der Waals surface area contributed by atoms with Crippen molar-refractivity contribution in [3.63, 3.8) is 0 Å². The molecule has 1 aliphatic carbocycles. The molecule has 1 aromatic heterocycles. The van der Waals surface area contributed by atoms with Crippen LogP contribution in [0.2, 0.25) is 0 Å². The smallest absolute Gasteiger partial charge is 0.257 e. The molecule has 1 aromatic carbocycles. The molecule has 1 aliphatic heterocycles. The number of hydrogen-bond donors (Lipinski definition) is 1. The Bertz CT molecular complexity index is 665. The molecule has 1 unspecified atom stereocenters. The van der Waals surface area contributed by atoms with Crippen molar-refractivity contribution >= 4 is 0 Å². The Morgan fingerprint density at radius 3 is 2.60 bits per heavy atom. The molecule has 4 heteroatoms. The average Bonchev–Trinajstić information content (AvgIpc) is 3.36. The van der Waals surface area contributed by atoms with Crippen molar-refractivity contribution in [1.82, 2.24) is 10.3 Å². The summed E-state index contributed by atoms with van der Waals surface area (Å²) < 4.78 is 12.7. The second-order valence-corrected chi connectivity index (χ2v) is 7.03. The van der Waals surface area contributed by atoms with E-state index in [2.05, 4.69) is 34.6 Å². The van der Waals surface area contributed by atoms with Crippen LogP contribution in [0.25, 0.3) is 0 Å². The van der Waals surface area contributed by atoms with Crippen LogP contribution >= 0.6 is 0 Å². The quantitative estimate of drug-likeness (QED) is 0.860. The topological polar surface area (TPSA) is 43.4 Å². The molecule has 2 aromatic rings. The minimum Gasteiger partial charge on any atom is -0.480 e. The summed E-state index contributed by atoms with van der Waals surface area (Å²) in [4.78, 5) is 4.45. The normalized spacial score (nSPS) is 22.0. The van der Waals surface area contributed by atoms with E-state index in [0.717, 1.165) is 38.1 Å². The molecule has 4 nitrogen and oxygen atoms in total. The standard InChI is InChI=1S/C21H26N2O2/c1-2-7-16(8-3-1)20(17-12-14-22-15-17)25-19-11-6-13-23-21(19)24-18-9-4-5-10-18/h1-3,6-8,11,13,17-18,20,22H,4-5,9-10,12,14-15H2/t17-,20?/m1/s1. The minimum absolute atomic E-state index is 0.0197. The maximum atomic E-state index is 6.50. The van der Waals surface area contributed by atoms with Crippen molar-refractivity contribution in [2.45, 2.75) is 44.3 Å². The fourth-order valence-corrected chi connectivity index (χ4v) is 3.87. The van der Waals surface area contributed by atoms with Crippen molar-refractivity contribution in [3.8, 4) is 11.6 Å². The van der Waals surface area contributed by atoms with Crippen LogP contribution in [0.3, 0.4) is 0 Å². The number of hydrogen-bond acceptors (Lipinski definition) is 4. The summed E-state index contributed by atoms with van der Waals surface area (Å²) in [5.41, 5.74) is 1.21. The van der Waals surface area contributed by atoms with E-state index in [4.69, 9.17) is 9.47 Å². The van der Waals surface area contributed by atoms with Crippen molar-refractivity contribution in [3.05, 3.63) is 54.2 Å². The largest absolute Gasteiger partial charge is 0.480 e. The highest BCUT2D eigenvalue weighted by molar-refractivity contribution is 5.34. The Morgan fingerprint density at radius 2 is 1.84 bits per heavy atom. The van der Waals surface area contributed by atoms with Crippen molar-refractivity contribution in [2.75, 3.05) is 13.1 Å². The fourth-order valence-electron chi connectivity index (χ4n) is 3.87. The molecular weight excluding hydrogens is 312 g/mol. The van der Waals surface area contributed by atoms with E-state index in [9.17, 15) is 0 Å². The van der Waals surface area contributed by atoms with Gasteiger partial charge < -0.3 is 14.8 Å². The first-order valence-electron chi connectivity index (χ1n) is 9.44. The highest BCUT2D eigenvalue weighted by Crippen LogP contribution is 2.36. The summed E-state index contributed by atoms with van der Waals surface area (Å²) in [6, 6.07) is 14.4. The minimum atomic E-state index is 0.0197. The van der Waals surface area contributed by atoms with Gasteiger partial charge in [-0.1, -0.05) is 30.3 Å². The van der Waals surface area contributed by atoms with Gasteiger partial charge in [-0.05, 0) is 56.3 Å². The van der Waals surface area contributed by atoms with Crippen LogP contribution in [0, 0.1) is 5.92 Å². The molecule has 2 atom stereocenters. The molecule has 1 saturated heterocycles. The van der Waals surface area contributed by atoms with Gasteiger partial charge in [-0.3, -0.25) is 0 Å². The number of pyridine rings is 1. The molecule has 2 heterocycles. The number of benzene rings is 1. The van der Waals surface area contributed by atoms with Gasteiger partial charge in [-0.15, -0.1) is 0 Å². The van der Waals surface area contributed by atoms with Crippen LogP contribution in [-0.4, -0.2) is 24.2 Å². The van der Waals surface area contributed by atoms with E-state index >= 15 is 0 Å². The van der Waals surface area contributed by atoms with Crippen LogP contribution in [0.4, 0.5) is 0 Å². The lowest BCUT2D eigenvalue weighted by molar-refractivity contribution is 0.126. The maximum Gasteiger partial charge on any atom is 0.257 e. The summed E-state index contributed by atoms with van der Waals surface area (Å²) in [7, 11) is 0. The number of rotatable bonds is 6. The first-order valence-corrected chi connectivity index (χ1v) is 9.44. The molecule has 0 radical (unpaired) electrons. The lowest BCUT2D eigenvalue weighted by Crippen LogP contribution is -2.22. The van der Waals surface area contributed by atoms with Crippen LogP contribution < -0.4 is 14.8 Å². The third kappa shape index (κ3) is 3.96. The Kier molecular flexibility index (Phi) is 5.17. The van der Waals surface area contributed by atoms with E-state index in [1.807, 2.05) is 18.2 Å². The van der Waals surface area contributed by atoms with Gasteiger partial charge in [0.05, 0.1) is 0 Å². The van der Waals surface area contributed by atoms with Gasteiger partial charge in [0.1, 0.15) is 12.2 Å². The zero-order valence-electron chi connectivity index (χ0n) is 14.6. The van der Waals surface area contributed by atoms with E-state index in [0.29, 0.717) is 11.8 Å². The zero-order valence-corrected chi connectivity index (χ0v) is 14.6. The van der Waals surface area contributed by atoms with Gasteiger partial charge in [-0.2, -0.15) is 0 Å². The lowest BCUT2D eigenvalue weighted by atomic mass is 9.95. The van der Waals surface area contributed by atoms with Crippen LogP contribution in [0.15, 0.2) is 48.7 Å². The van der Waals surface area contributed by atoms with Crippen LogP contribution in [-0.2, 0) is 0 Å². The summed E-state index contributed by atoms with van der Waals surface area (Å²) >= 11 is 0. The van der Waals surface area contributed by atoms with Gasteiger partial charge in [0.25, 0.3) is 5.88 Å². The molecule has 0 amide bonds. The Morgan fingerprint density at radius 1 is 1.00 bits per heavy atom. The predicted molar refractivity (Wildman–Crippen MR) is 97.9 cm³/mol. The van der Waals surface area contributed by atoms with Crippen LogP contribution in [0.5, 0.6) is 11.6 Å². The molecule has 2 fully saturated rings. The molecule has 0 spiro atoms. The van der Waals surface area contributed by atoms with E-state index in [-0.39, 0.29) is 12.2 Å². The molecule has 2 aliphatic rings. The van der Waals surface area contributed by atoms with Gasteiger partial charge in [-0.25, -0.2) is 4.98 Å². The SMILES string of the molecule is c1ccc(C(Oc2cccnc2OC2CCCC2)[C@@H]2CCNC2)cc1. The van der Waals surface area contributed by atoms with E-state index in [1.54, 1.807) is 6.20 Å². The average molecular weight is 338 g/mol. The molecule has 1 saturated carbocycles. The van der Waals surface area contributed by atoms with E-state index < -0.39 is 0 Å². The van der Waals surface area contributed by atoms with Gasteiger partial charge in [0, 0.05) is 18.7 Å². The van der Waals surface area contributed by atoms with Gasteiger partial charge in [0.15, 0.2) is 5.75 Å². The molecular formula is C21H26N2O2. The molecule has 0 bridgehead atoms. The maximum absolute atomic E-state index is 6.50. The predicted octanol–water partition coefficient (Wildman–Crippen LogP) is 4.13. The summed E-state index contributed by atoms with van der Waals surface area (Å²) in [6.45, 7) is 2.04. The second kappa shape index (κ2) is 7.87. The number of aromatic nitrogens is 1. The fraction of sp³-hybridized carbons (Fsp3) is 0.476. The highest BCUT2D eigenvalue weighted by atomic mass is 16.5. The molecule has 132 valence electrons. The Labute approximate surface area is 149 Å². The lowest BCUT2D eigenvalue weighted by Gasteiger charge is -2.26. The third-order valence-corrected chi connectivity index (χ3v) is 5.23. The molecule has 1 N–H and O–H groups in total.